The molecule has 3 N–H and O–H groups in total. The molecule has 0 bridgehead atoms. The quantitative estimate of drug-likeness (QED) is 0.509. The first-order valence-corrected chi connectivity index (χ1v) is 10.1. The smallest absolute Gasteiger partial charge is 0.308 e. The van der Waals surface area contributed by atoms with Crippen molar-refractivity contribution in [2.45, 2.75) is 11.8 Å². The number of urea groups is 1. The number of carbonyl (C=O) groups excluding carboxylic acids is 1. The van der Waals surface area contributed by atoms with Gasteiger partial charge in [-0.3, -0.25) is 4.55 Å². The minimum atomic E-state index is -4.39. The van der Waals surface area contributed by atoms with Gasteiger partial charge in [0.05, 0.1) is 0 Å². The third-order valence-electron chi connectivity index (χ3n) is 3.93. The Hall–Kier alpha value is -2.87. The van der Waals surface area contributed by atoms with E-state index in [1.807, 2.05) is 6.92 Å². The Labute approximate surface area is 167 Å². The molecular weight excluding hydrogens is 400 g/mol. The number of halogens is 1. The maximum atomic E-state index is 12.2. The van der Waals surface area contributed by atoms with Crippen molar-refractivity contribution in [2.24, 2.45) is 0 Å². The number of anilines is 2. The van der Waals surface area contributed by atoms with Crippen molar-refractivity contribution in [2.75, 3.05) is 10.6 Å². The second-order valence-electron chi connectivity index (χ2n) is 6.14. The standard InChI is InChI=1S/C20H17ClN2O4S/c1-13-8-9-19(28(25,26)27)18(10-13)14-4-2-6-16(11-14)22-20(24)23-17-7-3-5-15(21)12-17/h2-12H,1H3,(H2,22,23,24)(H,25,26,27). The first-order chi connectivity index (χ1) is 13.2. The fourth-order valence-corrected chi connectivity index (χ4v) is 3.60. The van der Waals surface area contributed by atoms with E-state index in [2.05, 4.69) is 10.6 Å². The number of benzene rings is 3. The van der Waals surface area contributed by atoms with Crippen LogP contribution < -0.4 is 10.6 Å². The number of rotatable bonds is 4. The monoisotopic (exact) mass is 416 g/mol. The van der Waals surface area contributed by atoms with Crippen LogP contribution in [-0.2, 0) is 10.1 Å². The summed E-state index contributed by atoms with van der Waals surface area (Å²) in [6.07, 6.45) is 0. The van der Waals surface area contributed by atoms with E-state index >= 15 is 0 Å². The Balaban J connectivity index is 1.87. The zero-order valence-electron chi connectivity index (χ0n) is 14.8. The van der Waals surface area contributed by atoms with Gasteiger partial charge in [-0.1, -0.05) is 47.5 Å². The van der Waals surface area contributed by atoms with E-state index in [0.717, 1.165) is 5.56 Å². The lowest BCUT2D eigenvalue weighted by molar-refractivity contribution is 0.262. The Bertz CT molecular complexity index is 1150. The molecule has 0 saturated carbocycles. The average molecular weight is 417 g/mol. The maximum Gasteiger partial charge on any atom is 0.323 e. The van der Waals surface area contributed by atoms with Crippen LogP contribution in [0.1, 0.15) is 5.56 Å². The van der Waals surface area contributed by atoms with E-state index in [4.69, 9.17) is 11.6 Å². The lowest BCUT2D eigenvalue weighted by Gasteiger charge is -2.12. The van der Waals surface area contributed by atoms with Gasteiger partial charge in [0.1, 0.15) is 4.90 Å². The summed E-state index contributed by atoms with van der Waals surface area (Å²) in [7, 11) is -4.39. The van der Waals surface area contributed by atoms with Crippen molar-refractivity contribution in [3.05, 3.63) is 77.3 Å². The lowest BCUT2D eigenvalue weighted by atomic mass is 10.0. The van der Waals surface area contributed by atoms with E-state index in [1.165, 1.54) is 6.07 Å². The summed E-state index contributed by atoms with van der Waals surface area (Å²) >= 11 is 5.90. The molecule has 0 saturated heterocycles. The molecule has 0 aliphatic carbocycles. The molecule has 0 radical (unpaired) electrons. The molecule has 0 aromatic heterocycles. The van der Waals surface area contributed by atoms with E-state index in [1.54, 1.807) is 60.7 Å². The van der Waals surface area contributed by atoms with Crippen molar-refractivity contribution < 1.29 is 17.8 Å². The van der Waals surface area contributed by atoms with Crippen LogP contribution in [0.25, 0.3) is 11.1 Å². The summed E-state index contributed by atoms with van der Waals surface area (Å²) in [5.41, 5.74) is 2.71. The van der Waals surface area contributed by atoms with Gasteiger partial charge < -0.3 is 10.6 Å². The number of hydrogen-bond acceptors (Lipinski definition) is 3. The van der Waals surface area contributed by atoms with Crippen molar-refractivity contribution >= 4 is 39.1 Å². The molecular formula is C20H17ClN2O4S. The highest BCUT2D eigenvalue weighted by atomic mass is 35.5. The van der Waals surface area contributed by atoms with Gasteiger partial charge in [0.25, 0.3) is 10.1 Å². The highest BCUT2D eigenvalue weighted by molar-refractivity contribution is 7.86. The van der Waals surface area contributed by atoms with E-state index < -0.39 is 16.1 Å². The Morgan fingerprint density at radius 1 is 0.929 bits per heavy atom. The fourth-order valence-electron chi connectivity index (χ4n) is 2.72. The molecule has 0 aliphatic rings. The number of carbonyl (C=O) groups is 1. The topological polar surface area (TPSA) is 95.5 Å². The molecule has 0 spiro atoms. The van der Waals surface area contributed by atoms with Crippen molar-refractivity contribution in [1.29, 1.82) is 0 Å². The van der Waals surface area contributed by atoms with Crippen molar-refractivity contribution in [3.63, 3.8) is 0 Å². The largest absolute Gasteiger partial charge is 0.323 e. The number of nitrogens with one attached hydrogen (secondary N) is 2. The van der Waals surface area contributed by atoms with Crippen LogP contribution in [0.4, 0.5) is 16.2 Å². The summed E-state index contributed by atoms with van der Waals surface area (Å²) in [6.45, 7) is 1.82. The molecule has 6 nitrogen and oxygen atoms in total. The first kappa shape index (κ1) is 19.9. The molecule has 3 rings (SSSR count). The van der Waals surface area contributed by atoms with E-state index in [0.29, 0.717) is 27.5 Å². The summed E-state index contributed by atoms with van der Waals surface area (Å²) in [4.78, 5) is 12.0. The molecule has 3 aromatic carbocycles. The minimum absolute atomic E-state index is 0.196. The van der Waals surface area contributed by atoms with Crippen LogP contribution >= 0.6 is 11.6 Å². The predicted molar refractivity (Wildman–Crippen MR) is 111 cm³/mol. The Morgan fingerprint density at radius 3 is 2.21 bits per heavy atom. The molecule has 144 valence electrons. The second kappa shape index (κ2) is 8.02. The Morgan fingerprint density at radius 2 is 1.57 bits per heavy atom. The fraction of sp³-hybridized carbons (Fsp3) is 0.0500. The van der Waals surface area contributed by atoms with Gasteiger partial charge in [-0.2, -0.15) is 8.42 Å². The highest BCUT2D eigenvalue weighted by Gasteiger charge is 2.17. The number of aryl methyl sites for hydroxylation is 1. The van der Waals surface area contributed by atoms with E-state index in [-0.39, 0.29) is 4.90 Å². The second-order valence-corrected chi connectivity index (χ2v) is 7.97. The zero-order valence-corrected chi connectivity index (χ0v) is 16.4. The maximum absolute atomic E-state index is 12.2. The molecule has 28 heavy (non-hydrogen) atoms. The molecule has 8 heteroatoms. The zero-order chi connectivity index (χ0) is 20.3. The summed E-state index contributed by atoms with van der Waals surface area (Å²) in [5, 5.41) is 5.85. The molecule has 0 atom stereocenters. The van der Waals surface area contributed by atoms with Gasteiger partial charge in [-0.25, -0.2) is 4.79 Å². The van der Waals surface area contributed by atoms with Gasteiger partial charge in [0.2, 0.25) is 0 Å². The average Bonchev–Trinajstić information content (AvgIpc) is 2.60. The third kappa shape index (κ3) is 4.89. The van der Waals surface area contributed by atoms with Crippen molar-refractivity contribution in [3.8, 4) is 11.1 Å². The molecule has 0 aliphatic heterocycles. The molecule has 0 fully saturated rings. The molecule has 0 heterocycles. The molecule has 3 aromatic rings. The van der Waals surface area contributed by atoms with Gasteiger partial charge in [0.15, 0.2) is 0 Å². The van der Waals surface area contributed by atoms with Gasteiger partial charge >= 0.3 is 6.03 Å². The summed E-state index contributed by atoms with van der Waals surface area (Å²) in [5.74, 6) is 0. The normalized spacial score (nSPS) is 11.1. The summed E-state index contributed by atoms with van der Waals surface area (Å²) in [6, 6.07) is 17.5. The van der Waals surface area contributed by atoms with Gasteiger partial charge in [-0.15, -0.1) is 0 Å². The minimum Gasteiger partial charge on any atom is -0.308 e. The molecule has 0 unspecified atom stereocenters. The van der Waals surface area contributed by atoms with Gasteiger partial charge in [-0.05, 0) is 48.9 Å². The van der Waals surface area contributed by atoms with Crippen LogP contribution in [0.3, 0.4) is 0 Å². The number of hydrogen-bond donors (Lipinski definition) is 3. The Kier molecular flexibility index (Phi) is 5.69. The first-order valence-electron chi connectivity index (χ1n) is 8.24. The van der Waals surface area contributed by atoms with E-state index in [9.17, 15) is 17.8 Å². The van der Waals surface area contributed by atoms with Crippen LogP contribution in [0, 0.1) is 6.92 Å². The summed E-state index contributed by atoms with van der Waals surface area (Å²) < 4.78 is 32.9. The van der Waals surface area contributed by atoms with Crippen LogP contribution in [0.2, 0.25) is 5.02 Å². The highest BCUT2D eigenvalue weighted by Crippen LogP contribution is 2.30. The SMILES string of the molecule is Cc1ccc(S(=O)(=O)O)c(-c2cccc(NC(=O)Nc3cccc(Cl)c3)c2)c1. The lowest BCUT2D eigenvalue weighted by Crippen LogP contribution is -2.19. The van der Waals surface area contributed by atoms with Crippen LogP contribution in [-0.4, -0.2) is 19.0 Å². The number of amides is 2. The molecule has 2 amide bonds. The van der Waals surface area contributed by atoms with Crippen LogP contribution in [0.5, 0.6) is 0 Å². The van der Waals surface area contributed by atoms with Crippen LogP contribution in [0.15, 0.2) is 71.6 Å². The third-order valence-corrected chi connectivity index (χ3v) is 5.07. The van der Waals surface area contributed by atoms with Crippen molar-refractivity contribution in [1.82, 2.24) is 0 Å². The predicted octanol–water partition coefficient (Wildman–Crippen LogP) is 5.21. The van der Waals surface area contributed by atoms with Gasteiger partial charge in [0, 0.05) is 22.0 Å².